The molecule has 24 heavy (non-hydrogen) atoms. The van der Waals surface area contributed by atoms with E-state index in [1.165, 1.54) is 0 Å². The third kappa shape index (κ3) is 8.47. The maximum absolute atomic E-state index is 11.8. The van der Waals surface area contributed by atoms with E-state index < -0.39 is 36.8 Å². The minimum atomic E-state index is -1.24. The Morgan fingerprint density at radius 3 is 2.33 bits per heavy atom. The number of amides is 2. The molecule has 0 saturated carbocycles. The van der Waals surface area contributed by atoms with Crippen molar-refractivity contribution in [2.75, 3.05) is 19.6 Å². The number of hydrogen-bond donors (Lipinski definition) is 3. The van der Waals surface area contributed by atoms with Gasteiger partial charge in [0.25, 0.3) is 5.91 Å². The van der Waals surface area contributed by atoms with Crippen LogP contribution < -0.4 is 45.3 Å². The van der Waals surface area contributed by atoms with Gasteiger partial charge in [-0.1, -0.05) is 24.8 Å². The zero-order valence-electron chi connectivity index (χ0n) is 13.2. The van der Waals surface area contributed by atoms with E-state index in [0.29, 0.717) is 5.56 Å². The van der Waals surface area contributed by atoms with Crippen molar-refractivity contribution in [3.05, 3.63) is 42.0 Å². The van der Waals surface area contributed by atoms with Crippen LogP contribution >= 0.6 is 0 Å². The fourth-order valence-electron chi connectivity index (χ4n) is 1.48. The van der Waals surface area contributed by atoms with Gasteiger partial charge >= 0.3 is 35.5 Å². The number of carbonyl (C=O) groups excluding carboxylic acids is 2. The minimum absolute atomic E-state index is 0. The summed E-state index contributed by atoms with van der Waals surface area (Å²) in [4.78, 5) is 36.7. The molecule has 1 rings (SSSR count). The van der Waals surface area contributed by atoms with Crippen LogP contribution in [0.3, 0.4) is 0 Å². The quantitative estimate of drug-likeness (QED) is 0.252. The van der Waals surface area contributed by atoms with E-state index in [1.54, 1.807) is 30.3 Å². The van der Waals surface area contributed by atoms with E-state index in [-0.39, 0.29) is 36.1 Å². The number of aliphatic carboxylic acids is 1. The number of aliphatic imine (C=N–C) groups is 1. The Hall–Kier alpha value is -2.16. The van der Waals surface area contributed by atoms with Crippen molar-refractivity contribution in [1.82, 2.24) is 10.6 Å². The average Bonchev–Trinajstić information content (AvgIpc) is 2.55. The monoisotopic (exact) mass is 341 g/mol. The number of carbonyl (C=O) groups is 3. The van der Waals surface area contributed by atoms with Crippen LogP contribution in [0.4, 0.5) is 0 Å². The third-order valence-electron chi connectivity index (χ3n) is 2.65. The van der Waals surface area contributed by atoms with Gasteiger partial charge in [-0.05, 0) is 23.6 Å². The van der Waals surface area contributed by atoms with Crippen LogP contribution in [0.5, 0.6) is 0 Å². The molecule has 0 aliphatic rings. The molecule has 0 aromatic heterocycles. The predicted octanol–water partition coefficient (Wildman–Crippen LogP) is -3.98. The maximum atomic E-state index is 11.8. The van der Waals surface area contributed by atoms with Crippen LogP contribution in [-0.2, 0) is 9.59 Å². The summed E-state index contributed by atoms with van der Waals surface area (Å²) in [6.07, 6.45) is 1.64. The number of nitrogens with zero attached hydrogens (tertiary/aromatic N) is 1. The number of rotatable bonds is 8. The average molecular weight is 341 g/mol. The molecule has 2 amide bonds. The van der Waals surface area contributed by atoms with Crippen molar-refractivity contribution in [2.45, 2.75) is 0 Å². The number of carboxylic acid groups (broad SMARTS) is 1. The molecule has 0 atom stereocenters. The van der Waals surface area contributed by atoms with Crippen molar-refractivity contribution in [3.63, 3.8) is 0 Å². The first kappa shape index (κ1) is 21.8. The molecule has 0 aliphatic heterocycles. The SMILES string of the molecule is C=Cc1ccc(C(=O)NCC(=O)NCC([O-])=NCC(=O)O)cc1.[Na+]. The fraction of sp³-hybridized carbons (Fsp3) is 0.200. The first-order chi connectivity index (χ1) is 10.9. The van der Waals surface area contributed by atoms with Crippen molar-refractivity contribution < 1.29 is 54.2 Å². The molecule has 0 unspecified atom stereocenters. The Morgan fingerprint density at radius 1 is 1.17 bits per heavy atom. The Labute approximate surface area is 161 Å². The molecule has 0 aliphatic carbocycles. The van der Waals surface area contributed by atoms with Gasteiger partial charge in [0.2, 0.25) is 5.91 Å². The number of benzene rings is 1. The van der Waals surface area contributed by atoms with Gasteiger partial charge in [-0.2, -0.15) is 0 Å². The largest absolute Gasteiger partial charge is 1.00 e. The molecule has 1 aromatic carbocycles. The predicted molar refractivity (Wildman–Crippen MR) is 81.8 cm³/mol. The minimum Gasteiger partial charge on any atom is -0.861 e. The van der Waals surface area contributed by atoms with Gasteiger partial charge in [-0.3, -0.25) is 19.4 Å². The maximum Gasteiger partial charge on any atom is 1.00 e. The van der Waals surface area contributed by atoms with Gasteiger partial charge in [0.1, 0.15) is 6.54 Å². The topological polar surface area (TPSA) is 131 Å². The Balaban J connectivity index is 0.00000529. The molecular weight excluding hydrogens is 325 g/mol. The Bertz CT molecular complexity index is 629. The third-order valence-corrected chi connectivity index (χ3v) is 2.65. The zero-order chi connectivity index (χ0) is 17.2. The van der Waals surface area contributed by atoms with Gasteiger partial charge in [-0.25, -0.2) is 0 Å². The van der Waals surface area contributed by atoms with Crippen molar-refractivity contribution >= 4 is 29.8 Å². The van der Waals surface area contributed by atoms with Gasteiger partial charge in [0.15, 0.2) is 0 Å². The van der Waals surface area contributed by atoms with E-state index in [2.05, 4.69) is 22.2 Å². The van der Waals surface area contributed by atoms with Gasteiger partial charge in [0, 0.05) is 12.1 Å². The summed E-state index contributed by atoms with van der Waals surface area (Å²) in [6, 6.07) is 6.62. The molecule has 122 valence electrons. The second-order valence-corrected chi connectivity index (χ2v) is 4.39. The zero-order valence-corrected chi connectivity index (χ0v) is 15.2. The normalized spacial score (nSPS) is 10.2. The van der Waals surface area contributed by atoms with Gasteiger partial charge in [0.05, 0.1) is 6.54 Å². The van der Waals surface area contributed by atoms with E-state index >= 15 is 0 Å². The number of carboxylic acids is 1. The van der Waals surface area contributed by atoms with Crippen LogP contribution in [0.2, 0.25) is 0 Å². The number of hydrogen-bond acceptors (Lipinski definition) is 5. The second kappa shape index (κ2) is 11.4. The van der Waals surface area contributed by atoms with Crippen molar-refractivity contribution in [1.29, 1.82) is 0 Å². The molecule has 0 spiro atoms. The van der Waals surface area contributed by atoms with Crippen molar-refractivity contribution in [2.24, 2.45) is 4.99 Å². The second-order valence-electron chi connectivity index (χ2n) is 4.39. The first-order valence-electron chi connectivity index (χ1n) is 6.62. The fourth-order valence-corrected chi connectivity index (χ4v) is 1.48. The van der Waals surface area contributed by atoms with Crippen LogP contribution in [0.25, 0.3) is 6.08 Å². The van der Waals surface area contributed by atoms with Crippen LogP contribution in [-0.4, -0.2) is 48.4 Å². The Kier molecular flexibility index (Phi) is 10.4. The van der Waals surface area contributed by atoms with Crippen LogP contribution in [0.15, 0.2) is 35.8 Å². The molecule has 0 heterocycles. The molecule has 0 radical (unpaired) electrons. The van der Waals surface area contributed by atoms with Crippen LogP contribution in [0, 0.1) is 0 Å². The summed E-state index contributed by atoms with van der Waals surface area (Å²) in [7, 11) is 0. The summed E-state index contributed by atoms with van der Waals surface area (Å²) in [5.41, 5.74) is 1.25. The number of nitrogens with one attached hydrogen (secondary N) is 2. The molecule has 9 heteroatoms. The standard InChI is InChI=1S/C15H17N3O5.Na/c1-2-10-3-5-11(6-4-10)15(23)18-8-13(20)16-7-12(19)17-9-14(21)22;/h2-6H,1,7-9H2,(H,16,20)(H,17,19)(H,18,23)(H,21,22);/q;+1/p-1. The first-order valence-corrected chi connectivity index (χ1v) is 6.62. The van der Waals surface area contributed by atoms with Crippen LogP contribution in [0.1, 0.15) is 15.9 Å². The molecule has 8 nitrogen and oxygen atoms in total. The Morgan fingerprint density at radius 2 is 1.79 bits per heavy atom. The van der Waals surface area contributed by atoms with E-state index in [9.17, 15) is 19.5 Å². The smallest absolute Gasteiger partial charge is 0.861 e. The molecule has 0 bridgehead atoms. The van der Waals surface area contributed by atoms with E-state index in [0.717, 1.165) is 5.56 Å². The van der Waals surface area contributed by atoms with Gasteiger partial charge < -0.3 is 20.8 Å². The molecule has 3 N–H and O–H groups in total. The van der Waals surface area contributed by atoms with E-state index in [4.69, 9.17) is 5.11 Å². The summed E-state index contributed by atoms with van der Waals surface area (Å²) < 4.78 is 0. The van der Waals surface area contributed by atoms with E-state index in [1.807, 2.05) is 0 Å². The molecule has 0 fully saturated rings. The molecule has 1 aromatic rings. The van der Waals surface area contributed by atoms with Crippen molar-refractivity contribution in [3.8, 4) is 0 Å². The summed E-state index contributed by atoms with van der Waals surface area (Å²) >= 11 is 0. The van der Waals surface area contributed by atoms with Gasteiger partial charge in [-0.15, -0.1) is 0 Å². The summed E-state index contributed by atoms with van der Waals surface area (Å²) in [5, 5.41) is 24.1. The summed E-state index contributed by atoms with van der Waals surface area (Å²) in [6.45, 7) is 2.22. The molecule has 0 saturated heterocycles. The summed E-state index contributed by atoms with van der Waals surface area (Å²) in [5.74, 6) is -3.01. The molecular formula is C15H16N3NaO5.